The number of rotatable bonds is 13. The average molecular weight is 565 g/mol. The molecule has 38 heavy (non-hydrogen) atoms. The topological polar surface area (TPSA) is 120 Å². The summed E-state index contributed by atoms with van der Waals surface area (Å²) in [7, 11) is -5.06. The molecule has 2 aromatic carbocycles. The van der Waals surface area contributed by atoms with E-state index in [2.05, 4.69) is 17.1 Å². The third-order valence-corrected chi connectivity index (χ3v) is 9.77. The Balaban J connectivity index is 1.77. The maximum absolute atomic E-state index is 13.4. The van der Waals surface area contributed by atoms with Crippen LogP contribution < -0.4 is 9.62 Å². The van der Waals surface area contributed by atoms with Crippen molar-refractivity contribution in [2.75, 3.05) is 55.0 Å². The summed E-state index contributed by atoms with van der Waals surface area (Å²) in [5, 5.41) is 2.83. The van der Waals surface area contributed by atoms with Gasteiger partial charge in [-0.1, -0.05) is 38.7 Å². The fourth-order valence-corrected chi connectivity index (χ4v) is 6.26. The van der Waals surface area contributed by atoms with Crippen LogP contribution in [-0.4, -0.2) is 68.8 Å². The molecule has 210 valence electrons. The largest absolute Gasteiger partial charge is 0.379 e. The molecule has 2 aromatic rings. The van der Waals surface area contributed by atoms with Crippen LogP contribution in [0.1, 0.15) is 54.9 Å². The van der Waals surface area contributed by atoms with Crippen LogP contribution in [0.25, 0.3) is 0 Å². The number of unbranched alkanes of at least 4 members (excludes halogenated alkanes) is 4. The van der Waals surface area contributed by atoms with Crippen molar-refractivity contribution in [3.8, 4) is 0 Å². The Kier molecular flexibility index (Phi) is 10.7. The van der Waals surface area contributed by atoms with Crippen LogP contribution in [0.15, 0.2) is 47.4 Å². The molecule has 0 bridgehead atoms. The van der Waals surface area contributed by atoms with Crippen LogP contribution in [0.4, 0.5) is 11.4 Å². The van der Waals surface area contributed by atoms with Crippen molar-refractivity contribution in [3.05, 3.63) is 53.6 Å². The highest BCUT2D eigenvalue weighted by Gasteiger charge is 2.22. The number of nitrogens with zero attached hydrogens (tertiary/aromatic N) is 2. The van der Waals surface area contributed by atoms with E-state index in [1.54, 1.807) is 36.4 Å². The zero-order valence-corrected chi connectivity index (χ0v) is 24.2. The van der Waals surface area contributed by atoms with Crippen molar-refractivity contribution in [2.24, 2.45) is 0 Å². The van der Waals surface area contributed by atoms with Gasteiger partial charge in [0.05, 0.1) is 40.4 Å². The molecule has 0 spiro atoms. The number of carbonyl (C=O) groups excluding carboxylic acids is 1. The van der Waals surface area contributed by atoms with E-state index in [0.717, 1.165) is 61.3 Å². The van der Waals surface area contributed by atoms with Gasteiger partial charge in [0.2, 0.25) is 10.0 Å². The number of hydrogen-bond donors (Lipinski definition) is 2. The second kappa shape index (κ2) is 13.5. The molecule has 1 aliphatic rings. The lowest BCUT2D eigenvalue weighted by Gasteiger charge is -2.27. The van der Waals surface area contributed by atoms with Crippen molar-refractivity contribution in [3.63, 3.8) is 0 Å². The highest BCUT2D eigenvalue weighted by Crippen LogP contribution is 2.26. The van der Waals surface area contributed by atoms with Gasteiger partial charge in [-0.05, 0) is 48.4 Å². The van der Waals surface area contributed by atoms with Crippen molar-refractivity contribution >= 4 is 37.0 Å². The molecule has 1 fully saturated rings. The summed E-state index contributed by atoms with van der Waals surface area (Å²) in [4.78, 5) is 16.0. The van der Waals surface area contributed by atoms with Gasteiger partial charge in [0.25, 0.3) is 5.91 Å². The summed E-state index contributed by atoms with van der Waals surface area (Å²) in [6.45, 7) is 5.65. The normalized spacial score (nSPS) is 16.1. The number of sulfonamides is 1. The molecular weight excluding hydrogens is 524 g/mol. The van der Waals surface area contributed by atoms with Crippen molar-refractivity contribution in [2.45, 2.75) is 50.5 Å². The zero-order valence-electron chi connectivity index (χ0n) is 22.6. The number of ether oxygens (including phenoxy) is 1. The first-order chi connectivity index (χ1) is 18.0. The van der Waals surface area contributed by atoms with Gasteiger partial charge in [-0.25, -0.2) is 17.4 Å². The van der Waals surface area contributed by atoms with E-state index >= 15 is 0 Å². The summed E-state index contributed by atoms with van der Waals surface area (Å²) in [5.74, 6) is -0.130. The van der Waals surface area contributed by atoms with E-state index in [4.69, 9.17) is 9.52 Å². The summed E-state index contributed by atoms with van der Waals surface area (Å²) >= 11 is 0. The van der Waals surface area contributed by atoms with Gasteiger partial charge in [-0.3, -0.25) is 14.0 Å². The maximum atomic E-state index is 13.4. The van der Waals surface area contributed by atoms with Crippen molar-refractivity contribution in [1.29, 1.82) is 4.78 Å². The van der Waals surface area contributed by atoms with Crippen molar-refractivity contribution in [1.82, 2.24) is 4.90 Å². The molecule has 1 saturated heterocycles. The summed E-state index contributed by atoms with van der Waals surface area (Å²) in [5.41, 5.74) is 1.89. The quantitative estimate of drug-likeness (QED) is 0.345. The number of anilines is 2. The second-order valence-electron chi connectivity index (χ2n) is 9.74. The van der Waals surface area contributed by atoms with E-state index < -0.39 is 25.7 Å². The monoisotopic (exact) mass is 564 g/mol. The lowest BCUT2D eigenvalue weighted by molar-refractivity contribution is 0.0342. The predicted octanol–water partition coefficient (Wildman–Crippen LogP) is 4.54. The van der Waals surface area contributed by atoms with Crippen LogP contribution in [0.5, 0.6) is 0 Å². The molecular formula is C27H40N4O5S2. The summed E-state index contributed by atoms with van der Waals surface area (Å²) in [6, 6.07) is 11.7. The molecule has 1 heterocycles. The molecule has 1 unspecified atom stereocenters. The van der Waals surface area contributed by atoms with Gasteiger partial charge in [-0.2, -0.15) is 0 Å². The molecule has 2 N–H and O–H groups in total. The third kappa shape index (κ3) is 8.52. The SMILES string of the molecule is CCCCCCCS(=N)(=O)c1ccc(NC(=O)c2cc(CN3CCOCC3)ccc2N(C)S(C)(=O)=O)cc1. The van der Waals surface area contributed by atoms with Gasteiger partial charge in [0.1, 0.15) is 0 Å². The number of hydrogen-bond acceptors (Lipinski definition) is 7. The van der Waals surface area contributed by atoms with E-state index in [1.807, 2.05) is 6.07 Å². The van der Waals surface area contributed by atoms with Gasteiger partial charge < -0.3 is 10.1 Å². The molecule has 0 aromatic heterocycles. The standard InChI is InChI=1S/C27H40N4O5S2/c1-4-5-6-7-8-19-38(28,35)24-12-10-23(11-13-24)29-27(32)25-20-22(21-31-15-17-36-18-16-31)9-14-26(25)30(2)37(3,33)34/h9-14,20,28H,4-8,15-19,21H2,1-3H3,(H,29,32). The van der Waals surface area contributed by atoms with Gasteiger partial charge in [0, 0.05) is 43.0 Å². The van der Waals surface area contributed by atoms with E-state index in [0.29, 0.717) is 36.1 Å². The first-order valence-electron chi connectivity index (χ1n) is 13.1. The minimum absolute atomic E-state index is 0.240. The number of morpholine rings is 1. The van der Waals surface area contributed by atoms with Gasteiger partial charge in [0.15, 0.2) is 0 Å². The smallest absolute Gasteiger partial charge is 0.257 e. The molecule has 1 atom stereocenters. The minimum atomic E-state index is -3.59. The predicted molar refractivity (Wildman–Crippen MR) is 153 cm³/mol. The maximum Gasteiger partial charge on any atom is 0.257 e. The van der Waals surface area contributed by atoms with Gasteiger partial charge >= 0.3 is 0 Å². The fourth-order valence-electron chi connectivity index (χ4n) is 4.32. The lowest BCUT2D eigenvalue weighted by Crippen LogP contribution is -2.35. The van der Waals surface area contributed by atoms with Crippen LogP contribution in [-0.2, 0) is 31.0 Å². The Hall–Kier alpha value is -2.47. The Morgan fingerprint density at radius 1 is 1.03 bits per heavy atom. The van der Waals surface area contributed by atoms with Crippen LogP contribution in [0.3, 0.4) is 0 Å². The number of carbonyl (C=O) groups is 1. The van der Waals surface area contributed by atoms with Crippen molar-refractivity contribution < 1.29 is 22.2 Å². The van der Waals surface area contributed by atoms with E-state index in [1.165, 1.54) is 7.05 Å². The molecule has 9 nitrogen and oxygen atoms in total. The molecule has 0 aliphatic carbocycles. The molecule has 1 aliphatic heterocycles. The first kappa shape index (κ1) is 30.1. The average Bonchev–Trinajstić information content (AvgIpc) is 2.88. The fraction of sp³-hybridized carbons (Fsp3) is 0.519. The Labute approximate surface area is 227 Å². The second-order valence-corrected chi connectivity index (χ2v) is 14.0. The highest BCUT2D eigenvalue weighted by atomic mass is 32.2. The molecule has 0 radical (unpaired) electrons. The van der Waals surface area contributed by atoms with Gasteiger partial charge in [-0.15, -0.1) is 0 Å². The number of amides is 1. The van der Waals surface area contributed by atoms with E-state index in [-0.39, 0.29) is 11.3 Å². The number of nitrogens with one attached hydrogen (secondary N) is 2. The Morgan fingerprint density at radius 2 is 1.68 bits per heavy atom. The highest BCUT2D eigenvalue weighted by molar-refractivity contribution is 7.92. The van der Waals surface area contributed by atoms with E-state index in [9.17, 15) is 17.4 Å². The minimum Gasteiger partial charge on any atom is -0.379 e. The third-order valence-electron chi connectivity index (χ3n) is 6.68. The number of benzene rings is 2. The summed E-state index contributed by atoms with van der Waals surface area (Å²) in [6.07, 6.45) is 6.17. The Bertz CT molecular complexity index is 1290. The lowest BCUT2D eigenvalue weighted by atomic mass is 10.1. The molecule has 3 rings (SSSR count). The molecule has 0 saturated carbocycles. The van der Waals surface area contributed by atoms with Crippen LogP contribution in [0.2, 0.25) is 0 Å². The molecule has 11 heteroatoms. The Morgan fingerprint density at radius 3 is 2.32 bits per heavy atom. The van der Waals surface area contributed by atoms with Crippen LogP contribution >= 0.6 is 0 Å². The molecule has 1 amide bonds. The first-order valence-corrected chi connectivity index (χ1v) is 16.6. The van der Waals surface area contributed by atoms with Crippen LogP contribution in [0, 0.1) is 4.78 Å². The zero-order chi connectivity index (χ0) is 27.8. The summed E-state index contributed by atoms with van der Waals surface area (Å²) < 4.78 is 52.2.